The molecule has 0 spiro atoms. The number of hydrogen-bond acceptors (Lipinski definition) is 2. The molecule has 2 fully saturated rings. The fourth-order valence-electron chi connectivity index (χ4n) is 4.06. The SMILES string of the molecule is O=C(CC1CCCC1)N1CC[C@@H](n2cnc3ccccc32)C1. The summed E-state index contributed by atoms with van der Waals surface area (Å²) in [5, 5.41) is 0. The first kappa shape index (κ1) is 13.8. The molecule has 22 heavy (non-hydrogen) atoms. The Hall–Kier alpha value is -1.84. The van der Waals surface area contributed by atoms with Crippen molar-refractivity contribution in [3.63, 3.8) is 0 Å². The van der Waals surface area contributed by atoms with Crippen LogP contribution in [0.25, 0.3) is 11.0 Å². The second kappa shape index (κ2) is 5.75. The van der Waals surface area contributed by atoms with E-state index >= 15 is 0 Å². The molecule has 1 aromatic heterocycles. The number of fused-ring (bicyclic) bond motifs is 1. The van der Waals surface area contributed by atoms with Crippen molar-refractivity contribution in [3.8, 4) is 0 Å². The Labute approximate surface area is 131 Å². The van der Waals surface area contributed by atoms with E-state index in [1.807, 2.05) is 18.5 Å². The monoisotopic (exact) mass is 297 g/mol. The lowest BCUT2D eigenvalue weighted by Gasteiger charge is -2.19. The number of nitrogens with zero attached hydrogens (tertiary/aromatic N) is 3. The van der Waals surface area contributed by atoms with Crippen LogP contribution < -0.4 is 0 Å². The van der Waals surface area contributed by atoms with E-state index in [2.05, 4.69) is 26.6 Å². The molecular formula is C18H23N3O. The summed E-state index contributed by atoms with van der Waals surface area (Å²) < 4.78 is 2.25. The molecule has 1 saturated heterocycles. The van der Waals surface area contributed by atoms with E-state index in [0.717, 1.165) is 31.4 Å². The summed E-state index contributed by atoms with van der Waals surface area (Å²) in [5.41, 5.74) is 2.22. The predicted molar refractivity (Wildman–Crippen MR) is 86.5 cm³/mol. The number of carbonyl (C=O) groups excluding carboxylic acids is 1. The van der Waals surface area contributed by atoms with Crippen LogP contribution in [0.2, 0.25) is 0 Å². The summed E-state index contributed by atoms with van der Waals surface area (Å²) >= 11 is 0. The number of carbonyl (C=O) groups is 1. The highest BCUT2D eigenvalue weighted by Gasteiger charge is 2.29. The zero-order valence-corrected chi connectivity index (χ0v) is 12.9. The van der Waals surface area contributed by atoms with Crippen molar-refractivity contribution in [1.29, 1.82) is 0 Å². The van der Waals surface area contributed by atoms with Crippen LogP contribution in [0.15, 0.2) is 30.6 Å². The summed E-state index contributed by atoms with van der Waals surface area (Å²) in [6.07, 6.45) is 8.84. The largest absolute Gasteiger partial charge is 0.341 e. The fraction of sp³-hybridized carbons (Fsp3) is 0.556. The molecule has 4 rings (SSSR count). The van der Waals surface area contributed by atoms with Crippen LogP contribution in [0.1, 0.15) is 44.6 Å². The molecule has 0 radical (unpaired) electrons. The van der Waals surface area contributed by atoms with Crippen molar-refractivity contribution in [3.05, 3.63) is 30.6 Å². The van der Waals surface area contributed by atoms with Gasteiger partial charge in [-0.1, -0.05) is 25.0 Å². The van der Waals surface area contributed by atoms with Gasteiger partial charge >= 0.3 is 0 Å². The molecule has 0 N–H and O–H groups in total. The molecule has 2 aliphatic rings. The normalized spacial score (nSPS) is 22.7. The molecule has 0 unspecified atom stereocenters. The summed E-state index contributed by atoms with van der Waals surface area (Å²) in [7, 11) is 0. The third-order valence-corrected chi connectivity index (χ3v) is 5.33. The van der Waals surface area contributed by atoms with Gasteiger partial charge in [-0.2, -0.15) is 0 Å². The number of benzene rings is 1. The molecule has 1 aromatic carbocycles. The maximum absolute atomic E-state index is 12.5. The summed E-state index contributed by atoms with van der Waals surface area (Å²) in [6, 6.07) is 8.61. The van der Waals surface area contributed by atoms with Crippen LogP contribution in [0.4, 0.5) is 0 Å². The van der Waals surface area contributed by atoms with Crippen LogP contribution in [-0.2, 0) is 4.79 Å². The number of hydrogen-bond donors (Lipinski definition) is 0. The predicted octanol–water partition coefficient (Wildman–Crippen LogP) is 3.39. The smallest absolute Gasteiger partial charge is 0.222 e. The third-order valence-electron chi connectivity index (χ3n) is 5.33. The van der Waals surface area contributed by atoms with E-state index in [4.69, 9.17) is 0 Å². The van der Waals surface area contributed by atoms with Gasteiger partial charge in [-0.3, -0.25) is 4.79 Å². The van der Waals surface area contributed by atoms with Gasteiger partial charge in [0.15, 0.2) is 0 Å². The average molecular weight is 297 g/mol. The van der Waals surface area contributed by atoms with Crippen molar-refractivity contribution in [2.24, 2.45) is 5.92 Å². The second-order valence-electron chi connectivity index (χ2n) is 6.78. The van der Waals surface area contributed by atoms with Gasteiger partial charge in [0.05, 0.1) is 23.4 Å². The van der Waals surface area contributed by atoms with Crippen molar-refractivity contribution < 1.29 is 4.79 Å². The van der Waals surface area contributed by atoms with Gasteiger partial charge in [0.2, 0.25) is 5.91 Å². The maximum atomic E-state index is 12.5. The van der Waals surface area contributed by atoms with Gasteiger partial charge in [-0.05, 0) is 37.3 Å². The van der Waals surface area contributed by atoms with Crippen LogP contribution in [0.5, 0.6) is 0 Å². The second-order valence-corrected chi connectivity index (χ2v) is 6.78. The minimum Gasteiger partial charge on any atom is -0.341 e. The Morgan fingerprint density at radius 3 is 2.86 bits per heavy atom. The fourth-order valence-corrected chi connectivity index (χ4v) is 4.06. The van der Waals surface area contributed by atoms with Crippen molar-refractivity contribution in [2.45, 2.75) is 44.6 Å². The minimum atomic E-state index is 0.360. The molecule has 1 aliphatic carbocycles. The molecule has 1 saturated carbocycles. The van der Waals surface area contributed by atoms with Gasteiger partial charge in [-0.15, -0.1) is 0 Å². The summed E-state index contributed by atoms with van der Waals surface area (Å²) in [5.74, 6) is 0.999. The standard InChI is InChI=1S/C18H23N3O/c22-18(11-14-5-1-2-6-14)20-10-9-15(12-20)21-13-19-16-7-3-4-8-17(16)21/h3-4,7-8,13-15H,1-2,5-6,9-12H2/t15-/m1/s1. The van der Waals surface area contributed by atoms with Gasteiger partial charge in [0.1, 0.15) is 0 Å². The first-order valence-corrected chi connectivity index (χ1v) is 8.50. The van der Waals surface area contributed by atoms with E-state index in [1.165, 1.54) is 31.2 Å². The Bertz CT molecular complexity index is 672. The third kappa shape index (κ3) is 2.51. The van der Waals surface area contributed by atoms with Gasteiger partial charge in [0.25, 0.3) is 0 Å². The zero-order chi connectivity index (χ0) is 14.9. The van der Waals surface area contributed by atoms with Crippen LogP contribution in [0.3, 0.4) is 0 Å². The Kier molecular flexibility index (Phi) is 3.60. The zero-order valence-electron chi connectivity index (χ0n) is 12.9. The number of imidazole rings is 1. The van der Waals surface area contributed by atoms with Gasteiger partial charge in [0, 0.05) is 19.5 Å². The van der Waals surface area contributed by atoms with Crippen molar-refractivity contribution >= 4 is 16.9 Å². The molecule has 2 heterocycles. The van der Waals surface area contributed by atoms with Crippen LogP contribution in [-0.4, -0.2) is 33.4 Å². The number of likely N-dealkylation sites (tertiary alicyclic amines) is 1. The van der Waals surface area contributed by atoms with E-state index in [1.54, 1.807) is 0 Å². The number of rotatable bonds is 3. The van der Waals surface area contributed by atoms with E-state index in [-0.39, 0.29) is 0 Å². The highest BCUT2D eigenvalue weighted by Crippen LogP contribution is 2.30. The highest BCUT2D eigenvalue weighted by atomic mass is 16.2. The quantitative estimate of drug-likeness (QED) is 0.871. The van der Waals surface area contributed by atoms with E-state index in [9.17, 15) is 4.79 Å². The highest BCUT2D eigenvalue weighted by molar-refractivity contribution is 5.77. The van der Waals surface area contributed by atoms with Crippen molar-refractivity contribution in [1.82, 2.24) is 14.5 Å². The Morgan fingerprint density at radius 1 is 1.18 bits per heavy atom. The summed E-state index contributed by atoms with van der Waals surface area (Å²) in [4.78, 5) is 19.0. The minimum absolute atomic E-state index is 0.360. The lowest BCUT2D eigenvalue weighted by molar-refractivity contribution is -0.131. The first-order valence-electron chi connectivity index (χ1n) is 8.50. The lowest BCUT2D eigenvalue weighted by Crippen LogP contribution is -2.30. The molecule has 116 valence electrons. The molecule has 2 aromatic rings. The van der Waals surface area contributed by atoms with E-state index in [0.29, 0.717) is 17.9 Å². The maximum Gasteiger partial charge on any atom is 0.222 e. The van der Waals surface area contributed by atoms with Gasteiger partial charge in [-0.25, -0.2) is 4.98 Å². The molecule has 1 aliphatic heterocycles. The van der Waals surface area contributed by atoms with Crippen LogP contribution in [0, 0.1) is 5.92 Å². The van der Waals surface area contributed by atoms with E-state index < -0.39 is 0 Å². The Morgan fingerprint density at radius 2 is 2.00 bits per heavy atom. The Balaban J connectivity index is 1.44. The average Bonchev–Trinajstić information content (AvgIpc) is 3.27. The molecule has 1 atom stereocenters. The van der Waals surface area contributed by atoms with Crippen LogP contribution >= 0.6 is 0 Å². The number of amides is 1. The molecule has 1 amide bonds. The lowest BCUT2D eigenvalue weighted by atomic mass is 10.0. The molecule has 4 nitrogen and oxygen atoms in total. The van der Waals surface area contributed by atoms with Gasteiger partial charge < -0.3 is 9.47 Å². The first-order chi connectivity index (χ1) is 10.8. The number of para-hydroxylation sites is 2. The van der Waals surface area contributed by atoms with Crippen molar-refractivity contribution in [2.75, 3.05) is 13.1 Å². The molecule has 0 bridgehead atoms. The number of aromatic nitrogens is 2. The summed E-state index contributed by atoms with van der Waals surface area (Å²) in [6.45, 7) is 1.73. The molecule has 4 heteroatoms. The topological polar surface area (TPSA) is 38.1 Å². The molecular weight excluding hydrogens is 274 g/mol.